The van der Waals surface area contributed by atoms with Gasteiger partial charge in [0.2, 0.25) is 0 Å². The average molecular weight is 489 g/mol. The van der Waals surface area contributed by atoms with Crippen LogP contribution in [0.2, 0.25) is 5.02 Å². The maximum Gasteiger partial charge on any atom is 0.416 e. The summed E-state index contributed by atoms with van der Waals surface area (Å²) in [6, 6.07) is 19.5. The van der Waals surface area contributed by atoms with Gasteiger partial charge in [-0.2, -0.15) is 13.2 Å². The zero-order valence-electron chi connectivity index (χ0n) is 18.6. The van der Waals surface area contributed by atoms with Gasteiger partial charge in [0.1, 0.15) is 17.3 Å². The molecule has 0 aliphatic carbocycles. The highest BCUT2D eigenvalue weighted by atomic mass is 35.5. The molecule has 8 heteroatoms. The molecule has 1 unspecified atom stereocenters. The van der Waals surface area contributed by atoms with E-state index in [4.69, 9.17) is 21.1 Å². The van der Waals surface area contributed by atoms with Gasteiger partial charge in [0.25, 0.3) is 0 Å². The van der Waals surface area contributed by atoms with Crippen molar-refractivity contribution < 1.29 is 22.6 Å². The molecule has 0 N–H and O–H groups in total. The molecule has 3 aromatic carbocycles. The van der Waals surface area contributed by atoms with Crippen molar-refractivity contribution in [2.45, 2.75) is 12.2 Å². The molecule has 1 aliphatic rings. The SMILES string of the molecule is C=C1N(CCOC)CC(c2cccc(C(F)(F)F)c2)N1c1ccc(Oc2ccc(Cl)cc2)cc1. The molecule has 0 amide bonds. The minimum absolute atomic E-state index is 0.338. The van der Waals surface area contributed by atoms with Crippen LogP contribution in [0.4, 0.5) is 18.9 Å². The predicted molar refractivity (Wildman–Crippen MR) is 127 cm³/mol. The Balaban J connectivity index is 1.62. The summed E-state index contributed by atoms with van der Waals surface area (Å²) in [5.41, 5.74) is 0.700. The van der Waals surface area contributed by atoms with E-state index in [0.717, 1.165) is 11.8 Å². The van der Waals surface area contributed by atoms with Crippen molar-refractivity contribution >= 4 is 17.3 Å². The molecule has 178 valence electrons. The third-order valence-corrected chi connectivity index (χ3v) is 5.93. The highest BCUT2D eigenvalue weighted by Gasteiger charge is 2.37. The van der Waals surface area contributed by atoms with Crippen molar-refractivity contribution in [1.29, 1.82) is 0 Å². The van der Waals surface area contributed by atoms with E-state index in [1.165, 1.54) is 12.1 Å². The number of anilines is 1. The number of rotatable bonds is 7. The van der Waals surface area contributed by atoms with E-state index in [1.807, 2.05) is 34.1 Å². The number of alkyl halides is 3. The summed E-state index contributed by atoms with van der Waals surface area (Å²) in [5, 5.41) is 0.619. The van der Waals surface area contributed by atoms with Gasteiger partial charge in [0.05, 0.1) is 18.2 Å². The zero-order valence-corrected chi connectivity index (χ0v) is 19.3. The molecule has 1 fully saturated rings. The Hall–Kier alpha value is -3.16. The molecule has 1 aliphatic heterocycles. The van der Waals surface area contributed by atoms with Crippen LogP contribution in [0.15, 0.2) is 85.2 Å². The summed E-state index contributed by atoms with van der Waals surface area (Å²) in [7, 11) is 1.61. The van der Waals surface area contributed by atoms with E-state index in [0.29, 0.717) is 47.6 Å². The van der Waals surface area contributed by atoms with E-state index in [-0.39, 0.29) is 6.04 Å². The van der Waals surface area contributed by atoms with Gasteiger partial charge >= 0.3 is 6.18 Å². The lowest BCUT2D eigenvalue weighted by molar-refractivity contribution is -0.137. The number of methoxy groups -OCH3 is 1. The highest BCUT2D eigenvalue weighted by Crippen LogP contribution is 2.40. The smallest absolute Gasteiger partial charge is 0.416 e. The van der Waals surface area contributed by atoms with E-state index >= 15 is 0 Å². The van der Waals surface area contributed by atoms with Gasteiger partial charge in [0.15, 0.2) is 0 Å². The van der Waals surface area contributed by atoms with Gasteiger partial charge in [-0.3, -0.25) is 0 Å². The Bertz CT molecular complexity index is 1130. The molecular formula is C26H24ClF3N2O2. The topological polar surface area (TPSA) is 24.9 Å². The second-order valence-corrected chi connectivity index (χ2v) is 8.35. The molecule has 0 bridgehead atoms. The zero-order chi connectivity index (χ0) is 24.3. The third-order valence-electron chi connectivity index (χ3n) is 5.68. The lowest BCUT2D eigenvalue weighted by Crippen LogP contribution is -2.25. The summed E-state index contributed by atoms with van der Waals surface area (Å²) >= 11 is 5.92. The van der Waals surface area contributed by atoms with Gasteiger partial charge in [-0.25, -0.2) is 0 Å². The minimum atomic E-state index is -4.41. The summed E-state index contributed by atoms with van der Waals surface area (Å²) in [4.78, 5) is 3.98. The number of hydrogen-bond acceptors (Lipinski definition) is 4. The van der Waals surface area contributed by atoms with Gasteiger partial charge in [-0.05, 0) is 66.2 Å². The van der Waals surface area contributed by atoms with Crippen molar-refractivity contribution in [3.63, 3.8) is 0 Å². The van der Waals surface area contributed by atoms with Crippen LogP contribution in [0.25, 0.3) is 0 Å². The molecule has 1 atom stereocenters. The molecule has 0 saturated carbocycles. The lowest BCUT2D eigenvalue weighted by atomic mass is 10.0. The molecule has 34 heavy (non-hydrogen) atoms. The predicted octanol–water partition coefficient (Wildman–Crippen LogP) is 7.13. The molecule has 0 spiro atoms. The standard InChI is InChI=1S/C26H24ClF3N2O2/c1-18-31(14-15-33-2)17-25(19-4-3-5-20(16-19)26(28,29)30)32(18)22-8-12-24(13-9-22)34-23-10-6-21(27)7-11-23/h3-13,16,25H,1,14-15,17H2,2H3. The van der Waals surface area contributed by atoms with Crippen LogP contribution in [0.5, 0.6) is 11.5 Å². The fraction of sp³-hybridized carbons (Fsp3) is 0.231. The Morgan fingerprint density at radius 2 is 1.65 bits per heavy atom. The van der Waals surface area contributed by atoms with Crippen LogP contribution in [-0.4, -0.2) is 31.7 Å². The first-order valence-electron chi connectivity index (χ1n) is 10.7. The number of benzene rings is 3. The summed E-state index contributed by atoms with van der Waals surface area (Å²) < 4.78 is 51.2. The van der Waals surface area contributed by atoms with Crippen molar-refractivity contribution in [2.75, 3.05) is 31.7 Å². The van der Waals surface area contributed by atoms with Crippen LogP contribution in [0.3, 0.4) is 0 Å². The highest BCUT2D eigenvalue weighted by molar-refractivity contribution is 6.30. The van der Waals surface area contributed by atoms with E-state index < -0.39 is 11.7 Å². The largest absolute Gasteiger partial charge is 0.457 e. The Kier molecular flexibility index (Phi) is 7.05. The van der Waals surface area contributed by atoms with Gasteiger partial charge in [0, 0.05) is 30.9 Å². The second kappa shape index (κ2) is 9.99. The van der Waals surface area contributed by atoms with Crippen LogP contribution in [0.1, 0.15) is 17.2 Å². The number of hydrogen-bond donors (Lipinski definition) is 0. The Morgan fingerprint density at radius 1 is 1.00 bits per heavy atom. The van der Waals surface area contributed by atoms with Crippen LogP contribution < -0.4 is 9.64 Å². The molecule has 1 heterocycles. The van der Waals surface area contributed by atoms with Crippen molar-refractivity contribution in [3.05, 3.63) is 101 Å². The van der Waals surface area contributed by atoms with Gasteiger partial charge < -0.3 is 19.3 Å². The second-order valence-electron chi connectivity index (χ2n) is 7.91. The van der Waals surface area contributed by atoms with Gasteiger partial charge in [-0.1, -0.05) is 30.3 Å². The summed E-state index contributed by atoms with van der Waals surface area (Å²) in [5.74, 6) is 1.98. The van der Waals surface area contributed by atoms with Crippen LogP contribution in [0, 0.1) is 0 Å². The normalized spacial score (nSPS) is 16.3. The lowest BCUT2D eigenvalue weighted by Gasteiger charge is -2.27. The van der Waals surface area contributed by atoms with Crippen molar-refractivity contribution in [1.82, 2.24) is 4.90 Å². The first-order chi connectivity index (χ1) is 16.3. The molecule has 1 saturated heterocycles. The van der Waals surface area contributed by atoms with E-state index in [2.05, 4.69) is 6.58 Å². The molecular weight excluding hydrogens is 465 g/mol. The number of ether oxygens (including phenoxy) is 2. The maximum absolute atomic E-state index is 13.4. The maximum atomic E-state index is 13.4. The first-order valence-corrected chi connectivity index (χ1v) is 11.1. The van der Waals surface area contributed by atoms with E-state index in [9.17, 15) is 13.2 Å². The Morgan fingerprint density at radius 3 is 2.26 bits per heavy atom. The van der Waals surface area contributed by atoms with Crippen molar-refractivity contribution in [3.8, 4) is 11.5 Å². The first kappa shape index (κ1) is 24.0. The molecule has 0 aromatic heterocycles. The quantitative estimate of drug-likeness (QED) is 0.353. The van der Waals surface area contributed by atoms with Crippen LogP contribution in [-0.2, 0) is 10.9 Å². The molecule has 3 aromatic rings. The fourth-order valence-electron chi connectivity index (χ4n) is 3.97. The monoisotopic (exact) mass is 488 g/mol. The number of halogens is 4. The molecule has 0 radical (unpaired) electrons. The van der Waals surface area contributed by atoms with Crippen molar-refractivity contribution in [2.24, 2.45) is 0 Å². The van der Waals surface area contributed by atoms with E-state index in [1.54, 1.807) is 37.4 Å². The number of nitrogens with zero attached hydrogens (tertiary/aromatic N) is 2. The summed E-state index contributed by atoms with van der Waals surface area (Å²) in [6.07, 6.45) is -4.41. The third kappa shape index (κ3) is 5.32. The Labute approximate surface area is 201 Å². The minimum Gasteiger partial charge on any atom is -0.457 e. The molecule has 4 rings (SSSR count). The summed E-state index contributed by atoms with van der Waals surface area (Å²) in [6.45, 7) is 5.78. The van der Waals surface area contributed by atoms with Crippen LogP contribution >= 0.6 is 11.6 Å². The average Bonchev–Trinajstić information content (AvgIpc) is 3.15. The molecule has 4 nitrogen and oxygen atoms in total. The fourth-order valence-corrected chi connectivity index (χ4v) is 4.10. The van der Waals surface area contributed by atoms with Gasteiger partial charge in [-0.15, -0.1) is 0 Å².